The van der Waals surface area contributed by atoms with E-state index in [9.17, 15) is 13.2 Å². The molecule has 1 rings (SSSR count). The second kappa shape index (κ2) is 7.56. The van der Waals surface area contributed by atoms with Gasteiger partial charge in [-0.05, 0) is 0 Å². The first-order chi connectivity index (χ1) is 8.54. The first-order valence-corrected chi connectivity index (χ1v) is 10.4. The van der Waals surface area contributed by atoms with Crippen LogP contribution in [0.3, 0.4) is 0 Å². The summed E-state index contributed by atoms with van der Waals surface area (Å²) >= 11 is -0.586. The summed E-state index contributed by atoms with van der Waals surface area (Å²) in [6, 6.07) is 10.1. The van der Waals surface area contributed by atoms with Crippen molar-refractivity contribution in [3.05, 3.63) is 35.9 Å². The first kappa shape index (κ1) is 18.0. The zero-order chi connectivity index (χ0) is 15.1. The van der Waals surface area contributed by atoms with Crippen molar-refractivity contribution >= 4 is 24.0 Å². The van der Waals surface area contributed by atoms with Gasteiger partial charge in [0, 0.05) is 0 Å². The summed E-state index contributed by atoms with van der Waals surface area (Å²) < 4.78 is 58.9. The third-order valence-electron chi connectivity index (χ3n) is 1.46. The fourth-order valence-electron chi connectivity index (χ4n) is 0.682. The van der Waals surface area contributed by atoms with Crippen molar-refractivity contribution in [3.63, 3.8) is 0 Å². The second-order valence-electron chi connectivity index (χ2n) is 3.31. The minimum atomic E-state index is -6.09. The minimum absolute atomic E-state index is 0.586. The smallest absolute Gasteiger partial charge is 0.485 e. The number of benzene rings is 1. The summed E-state index contributed by atoms with van der Waals surface area (Å²) in [6.45, 7) is 0. The molecule has 0 unspecified atom stereocenters. The van der Waals surface area contributed by atoms with E-state index < -0.39 is 29.5 Å². The Morgan fingerprint density at radius 2 is 1.58 bits per heavy atom. The number of hydrogen-bond acceptors (Lipinski definition) is 3. The zero-order valence-electron chi connectivity index (χ0n) is 10.1. The van der Waals surface area contributed by atoms with Gasteiger partial charge in [-0.3, -0.25) is 0 Å². The molecule has 0 spiro atoms. The van der Waals surface area contributed by atoms with Crippen LogP contribution in [-0.4, -0.2) is 32.4 Å². The van der Waals surface area contributed by atoms with E-state index in [1.807, 2.05) is 30.3 Å². The van der Waals surface area contributed by atoms with Crippen LogP contribution in [0.2, 0.25) is 11.6 Å². The summed E-state index contributed by atoms with van der Waals surface area (Å²) in [5.41, 5.74) is -4.52. The Balaban J connectivity index is 0.000000362. The van der Waals surface area contributed by atoms with E-state index in [4.69, 9.17) is 13.0 Å². The average molecular weight is 359 g/mol. The average Bonchev–Trinajstić information content (AvgIpc) is 2.26. The SMILES string of the molecule is C[Se+](C)C#Cc1ccccc1.O=S(=O)([O-])C(F)(F)F. The molecule has 0 atom stereocenters. The van der Waals surface area contributed by atoms with E-state index in [1.165, 1.54) is 0 Å². The van der Waals surface area contributed by atoms with Gasteiger partial charge in [-0.2, -0.15) is 13.2 Å². The van der Waals surface area contributed by atoms with E-state index in [1.54, 1.807) is 0 Å². The van der Waals surface area contributed by atoms with Gasteiger partial charge in [-0.1, -0.05) is 0 Å². The van der Waals surface area contributed by atoms with Crippen LogP contribution in [0, 0.1) is 10.7 Å². The molecular formula is C11H11F3O3SSe. The quantitative estimate of drug-likeness (QED) is 0.309. The first-order valence-electron chi connectivity index (χ1n) is 4.70. The molecule has 0 aliphatic carbocycles. The third-order valence-corrected chi connectivity index (χ3v) is 3.09. The van der Waals surface area contributed by atoms with E-state index in [-0.39, 0.29) is 0 Å². The largest absolute Gasteiger partial charge is 0.741 e. The molecule has 0 saturated carbocycles. The van der Waals surface area contributed by atoms with E-state index in [2.05, 4.69) is 22.4 Å². The molecule has 0 radical (unpaired) electrons. The van der Waals surface area contributed by atoms with Gasteiger partial charge < -0.3 is 4.55 Å². The Morgan fingerprint density at radius 3 is 1.89 bits per heavy atom. The van der Waals surface area contributed by atoms with Gasteiger partial charge in [0.1, 0.15) is 0 Å². The summed E-state index contributed by atoms with van der Waals surface area (Å²) in [7, 11) is -6.09. The maximum atomic E-state index is 10.7. The summed E-state index contributed by atoms with van der Waals surface area (Å²) in [4.78, 5) is 3.24. The van der Waals surface area contributed by atoms with Gasteiger partial charge in [0.25, 0.3) is 0 Å². The Morgan fingerprint density at radius 1 is 1.16 bits per heavy atom. The summed E-state index contributed by atoms with van der Waals surface area (Å²) in [5.74, 6) is 7.59. The molecule has 0 aliphatic heterocycles. The molecular weight excluding hydrogens is 348 g/mol. The molecule has 19 heavy (non-hydrogen) atoms. The molecule has 0 heterocycles. The second-order valence-corrected chi connectivity index (χ2v) is 8.54. The molecule has 106 valence electrons. The number of halogens is 3. The summed E-state index contributed by atoms with van der Waals surface area (Å²) in [6.07, 6.45) is 0. The molecule has 0 saturated heterocycles. The summed E-state index contributed by atoms with van der Waals surface area (Å²) in [5, 5.41) is 0. The van der Waals surface area contributed by atoms with Crippen molar-refractivity contribution in [1.82, 2.24) is 0 Å². The van der Waals surface area contributed by atoms with E-state index >= 15 is 0 Å². The van der Waals surface area contributed by atoms with Crippen molar-refractivity contribution in [3.8, 4) is 10.7 Å². The standard InChI is InChI=1S/C10H11Se.CHF3O3S/c1-11(2)9-8-10-6-4-3-5-7-10;2-1(3,4)8(5,6)7/h3-7H,1-2H3;(H,5,6,7)/q+1;/p-1. The van der Waals surface area contributed by atoms with Crippen LogP contribution in [0.5, 0.6) is 0 Å². The monoisotopic (exact) mass is 360 g/mol. The molecule has 0 fully saturated rings. The molecule has 0 bridgehead atoms. The maximum Gasteiger partial charge on any atom is 0.485 e. The van der Waals surface area contributed by atoms with Crippen LogP contribution in [0.25, 0.3) is 0 Å². The van der Waals surface area contributed by atoms with Crippen LogP contribution >= 0.6 is 0 Å². The van der Waals surface area contributed by atoms with Crippen LogP contribution in [0.4, 0.5) is 13.2 Å². The molecule has 0 amide bonds. The fourth-order valence-corrected chi connectivity index (χ4v) is 1.36. The Kier molecular flexibility index (Phi) is 7.16. The van der Waals surface area contributed by atoms with Crippen LogP contribution in [-0.2, 0) is 10.1 Å². The van der Waals surface area contributed by atoms with Gasteiger partial charge in [-0.15, -0.1) is 0 Å². The Bertz CT molecular complexity index is 542. The van der Waals surface area contributed by atoms with Gasteiger partial charge >= 0.3 is 77.7 Å². The predicted molar refractivity (Wildman–Crippen MR) is 66.6 cm³/mol. The molecule has 3 nitrogen and oxygen atoms in total. The molecule has 0 aromatic heterocycles. The van der Waals surface area contributed by atoms with Gasteiger partial charge in [0.15, 0.2) is 10.1 Å². The van der Waals surface area contributed by atoms with Gasteiger partial charge in [0.2, 0.25) is 0 Å². The third kappa shape index (κ3) is 8.67. The number of hydrogen-bond donors (Lipinski definition) is 0. The molecule has 1 aromatic carbocycles. The van der Waals surface area contributed by atoms with Crippen molar-refractivity contribution in [1.29, 1.82) is 0 Å². The van der Waals surface area contributed by atoms with Crippen molar-refractivity contribution in [2.45, 2.75) is 17.2 Å². The van der Waals surface area contributed by atoms with E-state index in [0.29, 0.717) is 0 Å². The fraction of sp³-hybridized carbons (Fsp3) is 0.273. The van der Waals surface area contributed by atoms with Crippen LogP contribution in [0.1, 0.15) is 5.56 Å². The minimum Gasteiger partial charge on any atom is -0.741 e. The van der Waals surface area contributed by atoms with Gasteiger partial charge in [0.05, 0.1) is 0 Å². The van der Waals surface area contributed by atoms with E-state index in [0.717, 1.165) is 5.56 Å². The molecule has 8 heteroatoms. The van der Waals surface area contributed by atoms with Gasteiger partial charge in [-0.25, -0.2) is 8.42 Å². The zero-order valence-corrected chi connectivity index (χ0v) is 12.6. The number of alkyl halides is 3. The van der Waals surface area contributed by atoms with Crippen LogP contribution < -0.4 is 0 Å². The predicted octanol–water partition coefficient (Wildman–Crippen LogP) is 2.38. The van der Waals surface area contributed by atoms with Crippen molar-refractivity contribution in [2.24, 2.45) is 0 Å². The van der Waals surface area contributed by atoms with Crippen LogP contribution in [0.15, 0.2) is 30.3 Å². The molecule has 0 N–H and O–H groups in total. The Labute approximate surface area is 114 Å². The topological polar surface area (TPSA) is 57.2 Å². The number of rotatable bonds is 0. The maximum absolute atomic E-state index is 10.7. The molecule has 1 aromatic rings. The normalized spacial score (nSPS) is 11.1. The van der Waals surface area contributed by atoms with Crippen molar-refractivity contribution < 1.29 is 26.1 Å². The molecule has 0 aliphatic rings. The van der Waals surface area contributed by atoms with Crippen molar-refractivity contribution in [2.75, 3.05) is 0 Å². The Hall–Kier alpha value is -1.00.